The van der Waals surface area contributed by atoms with Crippen LogP contribution in [0.1, 0.15) is 41.5 Å². The second-order valence-corrected chi connectivity index (χ2v) is 11.7. The molecule has 0 aromatic carbocycles. The smallest absolute Gasteiger partial charge is 0.0699 e. The van der Waals surface area contributed by atoms with Gasteiger partial charge in [-0.3, -0.25) is 0 Å². The van der Waals surface area contributed by atoms with E-state index >= 15 is 0 Å². The van der Waals surface area contributed by atoms with E-state index in [4.69, 9.17) is 0 Å². The molecule has 0 amide bonds. The molecule has 0 rings (SSSR count). The van der Waals surface area contributed by atoms with Gasteiger partial charge in [0.2, 0.25) is 0 Å². The Morgan fingerprint density at radius 3 is 1.71 bits per heavy atom. The van der Waals surface area contributed by atoms with Crippen LogP contribution in [0.3, 0.4) is 0 Å². The van der Waals surface area contributed by atoms with E-state index in [9.17, 15) is 0 Å². The molecule has 0 saturated heterocycles. The Hall–Kier alpha value is -0.223. The fourth-order valence-electron chi connectivity index (χ4n) is 1.80. The van der Waals surface area contributed by atoms with Gasteiger partial charge >= 0.3 is 0 Å². The molecule has 0 nitrogen and oxygen atoms in total. The van der Waals surface area contributed by atoms with Crippen LogP contribution < -0.4 is 0 Å². The van der Waals surface area contributed by atoms with Gasteiger partial charge in [-0.2, -0.15) is 0 Å². The summed E-state index contributed by atoms with van der Waals surface area (Å²) in [7, 11) is -1.29. The number of hydrogen-bond donors (Lipinski definition) is 0. The van der Waals surface area contributed by atoms with Crippen molar-refractivity contribution in [2.45, 2.75) is 65.2 Å². The van der Waals surface area contributed by atoms with Gasteiger partial charge in [-0.15, -0.1) is 11.8 Å². The molecular formula is C13H26Si. The molecule has 0 heterocycles. The molecule has 0 fully saturated rings. The van der Waals surface area contributed by atoms with Gasteiger partial charge < -0.3 is 0 Å². The van der Waals surface area contributed by atoms with Crippen LogP contribution in [-0.2, 0) is 0 Å². The topological polar surface area (TPSA) is 0 Å². The van der Waals surface area contributed by atoms with Crippen LogP contribution in [0.5, 0.6) is 0 Å². The Labute approximate surface area is 91.5 Å². The van der Waals surface area contributed by atoms with E-state index in [0.29, 0.717) is 16.5 Å². The monoisotopic (exact) mass is 210 g/mol. The Balaban J connectivity index is 5.07. The van der Waals surface area contributed by atoms with E-state index in [-0.39, 0.29) is 0 Å². The van der Waals surface area contributed by atoms with E-state index in [1.54, 1.807) is 0 Å². The van der Waals surface area contributed by atoms with Crippen molar-refractivity contribution in [2.24, 2.45) is 5.92 Å². The van der Waals surface area contributed by atoms with Crippen molar-refractivity contribution in [3.63, 3.8) is 0 Å². The maximum absolute atomic E-state index is 3.44. The van der Waals surface area contributed by atoms with E-state index in [2.05, 4.69) is 59.6 Å². The molecule has 1 unspecified atom stereocenters. The average molecular weight is 210 g/mol. The van der Waals surface area contributed by atoms with Crippen molar-refractivity contribution in [2.75, 3.05) is 0 Å². The predicted molar refractivity (Wildman–Crippen MR) is 69.2 cm³/mol. The first-order valence-corrected chi connectivity index (χ1v) is 8.64. The van der Waals surface area contributed by atoms with Gasteiger partial charge in [-0.1, -0.05) is 47.7 Å². The van der Waals surface area contributed by atoms with Crippen LogP contribution in [0.2, 0.25) is 23.7 Å². The molecule has 0 aliphatic heterocycles. The normalized spacial score (nSPS) is 14.9. The molecule has 0 saturated carbocycles. The van der Waals surface area contributed by atoms with Crippen molar-refractivity contribution < 1.29 is 0 Å². The van der Waals surface area contributed by atoms with Crippen molar-refractivity contribution in [3.05, 3.63) is 0 Å². The van der Waals surface area contributed by atoms with Gasteiger partial charge in [0.25, 0.3) is 0 Å². The maximum Gasteiger partial charge on any atom is 0.0699 e. The minimum absolute atomic E-state index is 0.436. The Morgan fingerprint density at radius 2 is 1.50 bits per heavy atom. The van der Waals surface area contributed by atoms with E-state index in [1.165, 1.54) is 0 Å². The van der Waals surface area contributed by atoms with Crippen LogP contribution in [0.15, 0.2) is 0 Å². The van der Waals surface area contributed by atoms with Crippen LogP contribution in [0.25, 0.3) is 0 Å². The van der Waals surface area contributed by atoms with Crippen LogP contribution >= 0.6 is 0 Å². The quantitative estimate of drug-likeness (QED) is 0.463. The van der Waals surface area contributed by atoms with Gasteiger partial charge in [0.05, 0.1) is 8.07 Å². The molecular weight excluding hydrogens is 184 g/mol. The SMILES string of the molecule is CC#CC(C(C)C)[Si](C)(C)C(C)(C)C. The third kappa shape index (κ3) is 2.88. The molecule has 0 aliphatic carbocycles. The first-order chi connectivity index (χ1) is 6.14. The standard InChI is InChI=1S/C13H26Si/c1-9-10-12(11(2)3)14(7,8)13(4,5)6/h11-12H,1-8H3. The van der Waals surface area contributed by atoms with Crippen molar-refractivity contribution in [1.29, 1.82) is 0 Å². The lowest BCUT2D eigenvalue weighted by molar-refractivity contribution is 0.611. The molecule has 0 spiro atoms. The lowest BCUT2D eigenvalue weighted by atomic mass is 10.1. The van der Waals surface area contributed by atoms with Crippen molar-refractivity contribution in [1.82, 2.24) is 0 Å². The Bertz CT molecular complexity index is 232. The molecule has 0 aliphatic rings. The van der Waals surface area contributed by atoms with Gasteiger partial charge in [0.1, 0.15) is 0 Å². The molecule has 0 radical (unpaired) electrons. The lowest BCUT2D eigenvalue weighted by Gasteiger charge is -2.42. The van der Waals surface area contributed by atoms with E-state index in [1.807, 2.05) is 6.92 Å². The molecule has 0 bridgehead atoms. The number of rotatable bonds is 2. The molecule has 0 N–H and O–H groups in total. The summed E-state index contributed by atoms with van der Waals surface area (Å²) in [5.74, 6) is 7.24. The summed E-state index contributed by atoms with van der Waals surface area (Å²) in [6, 6.07) is 0. The van der Waals surface area contributed by atoms with E-state index in [0.717, 1.165) is 0 Å². The third-order valence-electron chi connectivity index (χ3n) is 3.68. The first kappa shape index (κ1) is 13.8. The summed E-state index contributed by atoms with van der Waals surface area (Å²) in [5, 5.41) is 0.436. The molecule has 1 atom stereocenters. The minimum atomic E-state index is -1.29. The molecule has 14 heavy (non-hydrogen) atoms. The zero-order valence-corrected chi connectivity index (χ0v) is 12.2. The Kier molecular flexibility index (Phi) is 4.46. The van der Waals surface area contributed by atoms with Gasteiger partial charge in [-0.25, -0.2) is 0 Å². The van der Waals surface area contributed by atoms with Crippen molar-refractivity contribution >= 4 is 8.07 Å². The summed E-state index contributed by atoms with van der Waals surface area (Å²) in [4.78, 5) is 0. The highest BCUT2D eigenvalue weighted by Crippen LogP contribution is 2.46. The second kappa shape index (κ2) is 4.53. The van der Waals surface area contributed by atoms with Crippen LogP contribution in [0.4, 0.5) is 0 Å². The molecule has 1 heteroatoms. The second-order valence-electron chi connectivity index (χ2n) is 6.09. The minimum Gasteiger partial charge on any atom is -0.107 e. The summed E-state index contributed by atoms with van der Waals surface area (Å²) in [6.07, 6.45) is 0. The zero-order valence-electron chi connectivity index (χ0n) is 11.2. The molecule has 82 valence electrons. The number of hydrogen-bond acceptors (Lipinski definition) is 0. The van der Waals surface area contributed by atoms with Gasteiger partial charge in [0.15, 0.2) is 0 Å². The Morgan fingerprint density at radius 1 is 1.07 bits per heavy atom. The largest absolute Gasteiger partial charge is 0.107 e. The summed E-state index contributed by atoms with van der Waals surface area (Å²) in [5.41, 5.74) is 0.618. The molecule has 0 aromatic rings. The molecule has 0 aromatic heterocycles. The fraction of sp³-hybridized carbons (Fsp3) is 0.846. The van der Waals surface area contributed by atoms with Gasteiger partial charge in [0, 0.05) is 5.54 Å². The highest BCUT2D eigenvalue weighted by molar-refractivity contribution is 6.82. The maximum atomic E-state index is 3.44. The average Bonchev–Trinajstić information content (AvgIpc) is 1.96. The summed E-state index contributed by atoms with van der Waals surface area (Å²) in [6.45, 7) is 18.6. The lowest BCUT2D eigenvalue weighted by Crippen LogP contribution is -2.43. The van der Waals surface area contributed by atoms with Gasteiger partial charge in [-0.05, 0) is 17.9 Å². The predicted octanol–water partition coefficient (Wildman–Crippen LogP) is 4.54. The first-order valence-electron chi connectivity index (χ1n) is 5.57. The van der Waals surface area contributed by atoms with E-state index < -0.39 is 8.07 Å². The van der Waals surface area contributed by atoms with Crippen molar-refractivity contribution in [3.8, 4) is 11.8 Å². The highest BCUT2D eigenvalue weighted by Gasteiger charge is 2.42. The van der Waals surface area contributed by atoms with Crippen LogP contribution in [0, 0.1) is 17.8 Å². The summed E-state index contributed by atoms with van der Waals surface area (Å²) >= 11 is 0. The fourth-order valence-corrected chi connectivity index (χ4v) is 4.91. The summed E-state index contributed by atoms with van der Waals surface area (Å²) < 4.78 is 0. The zero-order chi connectivity index (χ0) is 11.6. The highest BCUT2D eigenvalue weighted by atomic mass is 28.3. The third-order valence-corrected chi connectivity index (χ3v) is 9.91. The van der Waals surface area contributed by atoms with Crippen LogP contribution in [-0.4, -0.2) is 8.07 Å².